The SMILES string of the molecule is CC1(C)C(NC(=O)O)=N[C@](C)(c2cc(N)ccc2F)[C@@H]2CCN[SH]21=O. The number of rotatable bonds is 1. The maximum atomic E-state index is 14.6. The van der Waals surface area contributed by atoms with Crippen molar-refractivity contribution >= 4 is 27.7 Å². The Morgan fingerprint density at radius 2 is 2.16 bits per heavy atom. The van der Waals surface area contributed by atoms with Crippen LogP contribution in [0.15, 0.2) is 23.2 Å². The largest absolute Gasteiger partial charge is 0.465 e. The zero-order chi connectivity index (χ0) is 18.6. The molecule has 5 N–H and O–H groups in total. The molecule has 1 amide bonds. The van der Waals surface area contributed by atoms with Crippen molar-refractivity contribution in [1.82, 2.24) is 10.0 Å². The molecule has 1 fully saturated rings. The van der Waals surface area contributed by atoms with Gasteiger partial charge in [0.05, 0.1) is 10.00 Å². The zero-order valence-electron chi connectivity index (χ0n) is 14.3. The number of thiol groups is 1. The summed E-state index contributed by atoms with van der Waals surface area (Å²) in [5.41, 5.74) is 5.22. The number of amidine groups is 1. The number of nitrogen functional groups attached to an aromatic ring is 1. The van der Waals surface area contributed by atoms with Gasteiger partial charge in [-0.1, -0.05) is 0 Å². The van der Waals surface area contributed by atoms with Gasteiger partial charge >= 0.3 is 6.09 Å². The molecule has 2 atom stereocenters. The minimum absolute atomic E-state index is 0.0679. The van der Waals surface area contributed by atoms with Crippen molar-refractivity contribution in [1.29, 1.82) is 0 Å². The summed E-state index contributed by atoms with van der Waals surface area (Å²) in [6, 6.07) is 4.18. The molecule has 0 saturated carbocycles. The van der Waals surface area contributed by atoms with Crippen LogP contribution in [-0.2, 0) is 15.7 Å². The Bertz CT molecular complexity index is 826. The van der Waals surface area contributed by atoms with E-state index in [1.807, 2.05) is 0 Å². The van der Waals surface area contributed by atoms with E-state index in [0.717, 1.165) is 0 Å². The molecule has 25 heavy (non-hydrogen) atoms. The predicted molar refractivity (Wildman–Crippen MR) is 96.8 cm³/mol. The normalized spacial score (nSPS) is 30.9. The highest BCUT2D eigenvalue weighted by molar-refractivity contribution is 8.04. The Balaban J connectivity index is 2.29. The summed E-state index contributed by atoms with van der Waals surface area (Å²) in [4.78, 5) is 15.8. The second kappa shape index (κ2) is 5.50. The lowest BCUT2D eigenvalue weighted by Crippen LogP contribution is -2.65. The topological polar surface area (TPSA) is 117 Å². The number of amides is 1. The highest BCUT2D eigenvalue weighted by Gasteiger charge is 2.59. The summed E-state index contributed by atoms with van der Waals surface area (Å²) in [6.07, 6.45) is -0.749. The molecular formula is C16H23FN4O3S. The number of anilines is 1. The van der Waals surface area contributed by atoms with Crippen LogP contribution >= 0.6 is 0 Å². The molecule has 1 aromatic carbocycles. The Labute approximate surface area is 146 Å². The maximum Gasteiger partial charge on any atom is 0.410 e. The zero-order valence-corrected chi connectivity index (χ0v) is 15.2. The van der Waals surface area contributed by atoms with Gasteiger partial charge in [0.15, 0.2) is 0 Å². The fourth-order valence-electron chi connectivity index (χ4n) is 3.94. The van der Waals surface area contributed by atoms with Crippen molar-refractivity contribution in [2.45, 2.75) is 42.7 Å². The van der Waals surface area contributed by atoms with Crippen molar-refractivity contribution in [3.63, 3.8) is 0 Å². The number of hydrogen-bond donors (Lipinski definition) is 5. The number of nitrogens with zero attached hydrogens (tertiary/aromatic N) is 1. The number of nitrogens with one attached hydrogen (secondary N) is 2. The van der Waals surface area contributed by atoms with E-state index < -0.39 is 37.6 Å². The number of aliphatic imine (C=N–C) groups is 1. The molecule has 7 nitrogen and oxygen atoms in total. The van der Waals surface area contributed by atoms with Crippen molar-refractivity contribution in [3.8, 4) is 0 Å². The summed E-state index contributed by atoms with van der Waals surface area (Å²) in [7, 11) is -3.13. The average molecular weight is 370 g/mol. The molecule has 1 saturated heterocycles. The molecule has 0 spiro atoms. The minimum Gasteiger partial charge on any atom is -0.465 e. The third kappa shape index (κ3) is 2.44. The van der Waals surface area contributed by atoms with Gasteiger partial charge in [-0.25, -0.2) is 9.18 Å². The van der Waals surface area contributed by atoms with Gasteiger partial charge in [0.2, 0.25) is 0 Å². The van der Waals surface area contributed by atoms with E-state index in [0.29, 0.717) is 18.7 Å². The van der Waals surface area contributed by atoms with Crippen LogP contribution in [0.2, 0.25) is 0 Å². The number of carbonyl (C=O) groups is 1. The molecule has 138 valence electrons. The molecule has 0 unspecified atom stereocenters. The van der Waals surface area contributed by atoms with Gasteiger partial charge in [-0.15, -0.1) is 0 Å². The third-order valence-corrected chi connectivity index (χ3v) is 9.57. The third-order valence-electron chi connectivity index (χ3n) is 5.37. The second-order valence-electron chi connectivity index (χ2n) is 7.21. The van der Waals surface area contributed by atoms with Crippen LogP contribution in [0.5, 0.6) is 0 Å². The number of fused-ring (bicyclic) bond motifs is 1. The van der Waals surface area contributed by atoms with Crippen LogP contribution in [0.4, 0.5) is 14.9 Å². The molecule has 2 aliphatic heterocycles. The van der Waals surface area contributed by atoms with Crippen LogP contribution in [0.3, 0.4) is 0 Å². The molecule has 2 heterocycles. The number of hydrogen-bond acceptors (Lipinski definition) is 4. The van der Waals surface area contributed by atoms with E-state index in [-0.39, 0.29) is 11.4 Å². The fraction of sp³-hybridized carbons (Fsp3) is 0.500. The van der Waals surface area contributed by atoms with E-state index in [9.17, 15) is 13.4 Å². The van der Waals surface area contributed by atoms with Gasteiger partial charge in [-0.05, 0) is 55.5 Å². The number of carboxylic acid groups (broad SMARTS) is 1. The van der Waals surface area contributed by atoms with Gasteiger partial charge in [0, 0.05) is 17.8 Å². The van der Waals surface area contributed by atoms with Crippen molar-refractivity contribution < 1.29 is 18.5 Å². The summed E-state index contributed by atoms with van der Waals surface area (Å²) in [5.74, 6) is -0.438. The first-order chi connectivity index (χ1) is 11.5. The molecule has 0 aliphatic carbocycles. The monoisotopic (exact) mass is 370 g/mol. The van der Waals surface area contributed by atoms with E-state index in [1.165, 1.54) is 18.2 Å². The maximum absolute atomic E-state index is 14.6. The highest BCUT2D eigenvalue weighted by atomic mass is 32.3. The molecule has 0 radical (unpaired) electrons. The second-order valence-corrected chi connectivity index (χ2v) is 10.6. The Morgan fingerprint density at radius 1 is 1.48 bits per heavy atom. The van der Waals surface area contributed by atoms with Crippen LogP contribution < -0.4 is 15.8 Å². The average Bonchev–Trinajstić information content (AvgIpc) is 2.92. The molecule has 0 bridgehead atoms. The van der Waals surface area contributed by atoms with Crippen molar-refractivity contribution in [2.24, 2.45) is 4.99 Å². The Hall–Kier alpha value is -2.00. The smallest absolute Gasteiger partial charge is 0.410 e. The first-order valence-corrected chi connectivity index (χ1v) is 9.81. The van der Waals surface area contributed by atoms with Crippen molar-refractivity contribution in [2.75, 3.05) is 12.3 Å². The quantitative estimate of drug-likeness (QED) is 0.379. The summed E-state index contributed by atoms with van der Waals surface area (Å²) < 4.78 is 30.5. The molecule has 3 rings (SSSR count). The first-order valence-electron chi connectivity index (χ1n) is 8.03. The van der Waals surface area contributed by atoms with Gasteiger partial charge in [0.25, 0.3) is 0 Å². The van der Waals surface area contributed by atoms with E-state index in [1.54, 1.807) is 20.8 Å². The summed E-state index contributed by atoms with van der Waals surface area (Å²) in [6.45, 7) is 5.58. The van der Waals surface area contributed by atoms with Crippen LogP contribution in [-0.4, -0.2) is 37.8 Å². The van der Waals surface area contributed by atoms with Crippen molar-refractivity contribution in [3.05, 3.63) is 29.6 Å². The lowest BCUT2D eigenvalue weighted by molar-refractivity contribution is 0.199. The lowest BCUT2D eigenvalue weighted by Gasteiger charge is -2.51. The Morgan fingerprint density at radius 3 is 2.80 bits per heavy atom. The van der Waals surface area contributed by atoms with Crippen LogP contribution in [0.25, 0.3) is 0 Å². The van der Waals surface area contributed by atoms with Crippen LogP contribution in [0.1, 0.15) is 32.8 Å². The molecule has 0 aromatic heterocycles. The summed E-state index contributed by atoms with van der Waals surface area (Å²) >= 11 is 0. The molecule has 9 heteroatoms. The molecule has 1 aromatic rings. The number of halogens is 1. The van der Waals surface area contributed by atoms with Gasteiger partial charge in [-0.2, -0.15) is 0 Å². The van der Waals surface area contributed by atoms with E-state index in [4.69, 9.17) is 10.8 Å². The first kappa shape index (κ1) is 17.8. The number of benzene rings is 1. The minimum atomic E-state index is -3.13. The predicted octanol–water partition coefficient (Wildman–Crippen LogP) is 1.37. The lowest BCUT2D eigenvalue weighted by atomic mass is 9.86. The Kier molecular flexibility index (Phi) is 3.92. The number of nitrogens with two attached hydrogens (primary N) is 1. The molecular weight excluding hydrogens is 347 g/mol. The van der Waals surface area contributed by atoms with E-state index >= 15 is 0 Å². The fourth-order valence-corrected chi connectivity index (χ4v) is 7.61. The highest BCUT2D eigenvalue weighted by Crippen LogP contribution is 2.49. The van der Waals surface area contributed by atoms with E-state index in [2.05, 4.69) is 15.0 Å². The standard InChI is InChI=1S/C16H23FN4O3S/c1-15(2)13(20-14(22)23)21-16(3,12-6-7-19-25(12,15)24)10-8-9(18)4-5-11(10)17/h4-5,8,12,25H,6-7,18H2,1-3H3,(H,19,24)(H,20,21)(H,22,23)/t12-,16+/m0/s1. The van der Waals surface area contributed by atoms with Crippen LogP contribution in [0, 0.1) is 5.82 Å². The van der Waals surface area contributed by atoms with Gasteiger partial charge in [0.1, 0.15) is 17.2 Å². The summed E-state index contributed by atoms with van der Waals surface area (Å²) in [5, 5.41) is 11.0. The van der Waals surface area contributed by atoms with Gasteiger partial charge in [-0.3, -0.25) is 19.2 Å². The molecule has 2 aliphatic rings. The van der Waals surface area contributed by atoms with Gasteiger partial charge < -0.3 is 10.8 Å².